The molecule has 6 heteroatoms. The van der Waals surface area contributed by atoms with E-state index in [1.54, 1.807) is 6.08 Å². The first kappa shape index (κ1) is 49.9. The van der Waals surface area contributed by atoms with Crippen LogP contribution in [-0.2, 0) is 28.6 Å². The van der Waals surface area contributed by atoms with Crippen LogP contribution in [0.1, 0.15) is 188 Å². The molecule has 1 atom stereocenters. The first-order valence-electron chi connectivity index (χ1n) is 21.4. The van der Waals surface area contributed by atoms with Crippen LogP contribution in [0.4, 0.5) is 0 Å². The lowest BCUT2D eigenvalue weighted by molar-refractivity contribution is -0.166. The fourth-order valence-corrected chi connectivity index (χ4v) is 5.53. The Balaban J connectivity index is 4.46. The predicted octanol–water partition coefficient (Wildman–Crippen LogP) is 13.5. The normalized spacial score (nSPS) is 12.7. The van der Waals surface area contributed by atoms with Gasteiger partial charge in [0.25, 0.3) is 0 Å². The average molecular weight is 739 g/mol. The van der Waals surface area contributed by atoms with Gasteiger partial charge in [-0.25, -0.2) is 0 Å². The van der Waals surface area contributed by atoms with Crippen molar-refractivity contribution in [3.05, 3.63) is 72.9 Å². The van der Waals surface area contributed by atoms with Gasteiger partial charge in [-0.3, -0.25) is 14.4 Å². The number of hydrogen-bond acceptors (Lipinski definition) is 6. The van der Waals surface area contributed by atoms with E-state index in [4.69, 9.17) is 14.2 Å². The van der Waals surface area contributed by atoms with Crippen molar-refractivity contribution in [3.8, 4) is 0 Å². The van der Waals surface area contributed by atoms with E-state index in [0.717, 1.165) is 89.9 Å². The summed E-state index contributed by atoms with van der Waals surface area (Å²) in [5.41, 5.74) is 0. The van der Waals surface area contributed by atoms with Gasteiger partial charge in [0.15, 0.2) is 6.10 Å². The van der Waals surface area contributed by atoms with Crippen molar-refractivity contribution in [2.75, 3.05) is 13.2 Å². The highest BCUT2D eigenvalue weighted by Crippen LogP contribution is 2.13. The molecular weight excluding hydrogens is 661 g/mol. The van der Waals surface area contributed by atoms with E-state index in [2.05, 4.69) is 81.5 Å². The highest BCUT2D eigenvalue weighted by Gasteiger charge is 2.19. The summed E-state index contributed by atoms with van der Waals surface area (Å²) < 4.78 is 16.5. The summed E-state index contributed by atoms with van der Waals surface area (Å²) >= 11 is 0. The van der Waals surface area contributed by atoms with Crippen molar-refractivity contribution >= 4 is 17.9 Å². The minimum atomic E-state index is -0.815. The number of rotatable bonds is 37. The molecule has 0 saturated heterocycles. The van der Waals surface area contributed by atoms with Crippen LogP contribution in [0.3, 0.4) is 0 Å². The van der Waals surface area contributed by atoms with Crippen LogP contribution >= 0.6 is 0 Å². The summed E-state index contributed by atoms with van der Waals surface area (Å²) in [4.78, 5) is 37.5. The first-order valence-corrected chi connectivity index (χ1v) is 21.4. The number of hydrogen-bond donors (Lipinski definition) is 0. The van der Waals surface area contributed by atoms with Gasteiger partial charge in [-0.1, -0.05) is 158 Å². The average Bonchev–Trinajstić information content (AvgIpc) is 3.15. The first-order chi connectivity index (χ1) is 26.0. The van der Waals surface area contributed by atoms with E-state index >= 15 is 0 Å². The van der Waals surface area contributed by atoms with Gasteiger partial charge in [0.05, 0.1) is 6.42 Å². The molecule has 1 unspecified atom stereocenters. The molecule has 0 saturated carbocycles. The summed E-state index contributed by atoms with van der Waals surface area (Å²) in [7, 11) is 0. The molecule has 0 aromatic heterocycles. The predicted molar refractivity (Wildman–Crippen MR) is 224 cm³/mol. The third-order valence-corrected chi connectivity index (χ3v) is 8.71. The van der Waals surface area contributed by atoms with Gasteiger partial charge in [-0.2, -0.15) is 0 Å². The third-order valence-electron chi connectivity index (χ3n) is 8.71. The van der Waals surface area contributed by atoms with Gasteiger partial charge in [-0.05, 0) is 83.5 Å². The van der Waals surface area contributed by atoms with E-state index < -0.39 is 12.1 Å². The molecule has 6 nitrogen and oxygen atoms in total. The van der Waals surface area contributed by atoms with Crippen LogP contribution in [0.5, 0.6) is 0 Å². The molecule has 0 aliphatic carbocycles. The molecule has 0 aliphatic rings. The van der Waals surface area contributed by atoms with Crippen LogP contribution < -0.4 is 0 Å². The van der Waals surface area contributed by atoms with E-state index in [1.807, 2.05) is 6.08 Å². The zero-order valence-electron chi connectivity index (χ0n) is 34.3. The fourth-order valence-electron chi connectivity index (χ4n) is 5.53. The molecule has 0 rings (SSSR count). The maximum Gasteiger partial charge on any atom is 0.309 e. The zero-order chi connectivity index (χ0) is 38.7. The second-order valence-corrected chi connectivity index (χ2v) is 13.8. The molecule has 0 N–H and O–H groups in total. The van der Waals surface area contributed by atoms with Crippen molar-refractivity contribution in [1.29, 1.82) is 0 Å². The van der Waals surface area contributed by atoms with E-state index in [0.29, 0.717) is 12.8 Å². The number of ether oxygens (including phenoxy) is 3. The van der Waals surface area contributed by atoms with Crippen molar-refractivity contribution in [2.45, 2.75) is 194 Å². The molecule has 53 heavy (non-hydrogen) atoms. The lowest BCUT2D eigenvalue weighted by Gasteiger charge is -2.18. The Kier molecular flexibility index (Phi) is 39.1. The van der Waals surface area contributed by atoms with Gasteiger partial charge < -0.3 is 14.2 Å². The molecule has 0 heterocycles. The quantitative estimate of drug-likeness (QED) is 0.0273. The van der Waals surface area contributed by atoms with Gasteiger partial charge in [0.2, 0.25) is 0 Å². The van der Waals surface area contributed by atoms with Crippen LogP contribution in [0.25, 0.3) is 0 Å². The lowest BCUT2D eigenvalue weighted by atomic mass is 10.1. The Labute approximate surface area is 325 Å². The maximum absolute atomic E-state index is 12.7. The second-order valence-electron chi connectivity index (χ2n) is 13.8. The Morgan fingerprint density at radius 1 is 0.415 bits per heavy atom. The molecule has 0 spiro atoms. The highest BCUT2D eigenvalue weighted by atomic mass is 16.6. The highest BCUT2D eigenvalue weighted by molar-refractivity contribution is 5.72. The SMILES string of the molecule is CC/C=C\C/C=C\C/C=C\CC(=O)OCC(COC(=O)CCCCCCCCC/C=C\C/C=C\CC)OC(=O)CCCCCCC/C=C\CCCCC. The minimum Gasteiger partial charge on any atom is -0.462 e. The lowest BCUT2D eigenvalue weighted by Crippen LogP contribution is -2.30. The van der Waals surface area contributed by atoms with Crippen molar-refractivity contribution in [1.82, 2.24) is 0 Å². The molecule has 0 aromatic carbocycles. The Morgan fingerprint density at radius 2 is 0.811 bits per heavy atom. The van der Waals surface area contributed by atoms with E-state index in [-0.39, 0.29) is 31.6 Å². The van der Waals surface area contributed by atoms with Gasteiger partial charge in [-0.15, -0.1) is 0 Å². The molecule has 0 fully saturated rings. The summed E-state index contributed by atoms with van der Waals surface area (Å²) in [5, 5.41) is 0. The number of carbonyl (C=O) groups is 3. The van der Waals surface area contributed by atoms with Crippen molar-refractivity contribution in [2.24, 2.45) is 0 Å². The molecule has 302 valence electrons. The van der Waals surface area contributed by atoms with Gasteiger partial charge in [0.1, 0.15) is 13.2 Å². The van der Waals surface area contributed by atoms with Gasteiger partial charge in [0, 0.05) is 12.8 Å². The minimum absolute atomic E-state index is 0.111. The smallest absolute Gasteiger partial charge is 0.309 e. The Morgan fingerprint density at radius 3 is 1.34 bits per heavy atom. The molecule has 0 radical (unpaired) electrons. The number of unbranched alkanes of at least 4 members (excludes halogenated alkanes) is 15. The fraction of sp³-hybridized carbons (Fsp3) is 0.681. The monoisotopic (exact) mass is 739 g/mol. The Hall–Kier alpha value is -3.15. The summed E-state index contributed by atoms with van der Waals surface area (Å²) in [5.74, 6) is -1.07. The Bertz CT molecular complexity index is 1030. The van der Waals surface area contributed by atoms with Crippen molar-refractivity contribution in [3.63, 3.8) is 0 Å². The summed E-state index contributed by atoms with van der Waals surface area (Å²) in [6.07, 6.45) is 50.6. The van der Waals surface area contributed by atoms with Crippen LogP contribution in [0.2, 0.25) is 0 Å². The van der Waals surface area contributed by atoms with Gasteiger partial charge >= 0.3 is 17.9 Å². The molecule has 0 bridgehead atoms. The van der Waals surface area contributed by atoms with E-state index in [9.17, 15) is 14.4 Å². The van der Waals surface area contributed by atoms with Crippen LogP contribution in [0, 0.1) is 0 Å². The second kappa shape index (κ2) is 41.6. The number of carbonyl (C=O) groups excluding carboxylic acids is 3. The van der Waals surface area contributed by atoms with Crippen LogP contribution in [0.15, 0.2) is 72.9 Å². The standard InChI is InChI=1S/C47H78O6/c1-4-7-10-13-16-19-21-23-24-26-28-31-34-37-40-46(49)52-43-44(42-51-45(48)39-36-33-30-27-18-15-12-9-6-3)53-47(50)41-38-35-32-29-25-22-20-17-14-11-8-5-2/h7,9-10,12,16-20,27,33,36,44H,4-6,8,11,13-15,21-26,28-32,34-35,37-43H2,1-3H3/b10-7-,12-9-,19-16-,20-17-,27-18-,36-33-. The third kappa shape index (κ3) is 39.9. The zero-order valence-corrected chi connectivity index (χ0v) is 34.3. The topological polar surface area (TPSA) is 78.9 Å². The largest absolute Gasteiger partial charge is 0.462 e. The molecule has 0 amide bonds. The van der Waals surface area contributed by atoms with Crippen LogP contribution in [-0.4, -0.2) is 37.2 Å². The number of allylic oxidation sites excluding steroid dienone is 11. The van der Waals surface area contributed by atoms with Crippen molar-refractivity contribution < 1.29 is 28.6 Å². The molecule has 0 aliphatic heterocycles. The maximum atomic E-state index is 12.7. The van der Waals surface area contributed by atoms with E-state index in [1.165, 1.54) is 57.8 Å². The number of esters is 3. The summed E-state index contributed by atoms with van der Waals surface area (Å²) in [6.45, 7) is 6.25. The molecular formula is C47H78O6. The molecule has 0 aromatic rings. The summed E-state index contributed by atoms with van der Waals surface area (Å²) in [6, 6.07) is 0.